The van der Waals surface area contributed by atoms with Crippen molar-refractivity contribution in [2.24, 2.45) is 0 Å². The van der Waals surface area contributed by atoms with E-state index in [1.807, 2.05) is 0 Å². The minimum atomic E-state index is -1.33. The molecule has 0 heterocycles. The van der Waals surface area contributed by atoms with Crippen molar-refractivity contribution in [3.05, 3.63) is 65.5 Å². The Labute approximate surface area is 119 Å². The van der Waals surface area contributed by atoms with Crippen LogP contribution in [0.3, 0.4) is 0 Å². The average Bonchev–Trinajstić information content (AvgIpc) is 2.45. The van der Waals surface area contributed by atoms with Gasteiger partial charge in [0.15, 0.2) is 11.6 Å². The normalized spacial score (nSPS) is 12.0. The fourth-order valence-corrected chi connectivity index (χ4v) is 1.93. The molecule has 0 aliphatic heterocycles. The molecule has 1 unspecified atom stereocenters. The van der Waals surface area contributed by atoms with Gasteiger partial charge in [-0.15, -0.1) is 0 Å². The summed E-state index contributed by atoms with van der Waals surface area (Å²) in [5.74, 6) is -5.59. The second kappa shape index (κ2) is 6.30. The molecule has 3 nitrogen and oxygen atoms in total. The van der Waals surface area contributed by atoms with E-state index < -0.39 is 35.0 Å². The lowest BCUT2D eigenvalue weighted by Crippen LogP contribution is -2.21. The van der Waals surface area contributed by atoms with Gasteiger partial charge in [0.1, 0.15) is 5.82 Å². The molecule has 1 atom stereocenters. The van der Waals surface area contributed by atoms with E-state index in [9.17, 15) is 23.1 Å². The van der Waals surface area contributed by atoms with Crippen LogP contribution in [0.25, 0.3) is 0 Å². The van der Waals surface area contributed by atoms with Crippen molar-refractivity contribution in [2.45, 2.75) is 5.92 Å². The molecule has 0 saturated carbocycles. The van der Waals surface area contributed by atoms with E-state index in [0.29, 0.717) is 11.6 Å². The first-order valence-corrected chi connectivity index (χ1v) is 6.15. The smallest absolute Gasteiger partial charge is 0.312 e. The van der Waals surface area contributed by atoms with Gasteiger partial charge in [-0.25, -0.2) is 13.2 Å². The summed E-state index contributed by atoms with van der Waals surface area (Å²) >= 11 is 0. The number of hydrogen-bond acceptors (Lipinski definition) is 2. The van der Waals surface area contributed by atoms with Gasteiger partial charge in [-0.05, 0) is 5.56 Å². The quantitative estimate of drug-likeness (QED) is 0.831. The maximum atomic E-state index is 13.5. The number of halogens is 3. The molecular weight excluding hydrogens is 283 g/mol. The molecule has 2 aromatic rings. The highest BCUT2D eigenvalue weighted by atomic mass is 19.2. The number of carboxylic acid groups (broad SMARTS) is 1. The van der Waals surface area contributed by atoms with E-state index in [4.69, 9.17) is 0 Å². The van der Waals surface area contributed by atoms with E-state index in [1.54, 1.807) is 30.3 Å². The van der Waals surface area contributed by atoms with Gasteiger partial charge < -0.3 is 10.4 Å². The summed E-state index contributed by atoms with van der Waals surface area (Å²) in [6.45, 7) is -0.195. The van der Waals surface area contributed by atoms with Gasteiger partial charge in [0.05, 0.1) is 11.6 Å². The van der Waals surface area contributed by atoms with Crippen molar-refractivity contribution in [3.63, 3.8) is 0 Å². The third-order valence-corrected chi connectivity index (χ3v) is 2.99. The van der Waals surface area contributed by atoms with E-state index >= 15 is 0 Å². The Morgan fingerprint density at radius 3 is 2.43 bits per heavy atom. The molecule has 2 rings (SSSR count). The standard InChI is InChI=1S/C15H12F3NO2/c16-10-6-12(17)14(18)13(7-10)19-8-11(15(20)21)9-4-2-1-3-5-9/h1-7,11,19H,8H2,(H,20,21). The van der Waals surface area contributed by atoms with Crippen LogP contribution in [0.1, 0.15) is 11.5 Å². The summed E-state index contributed by atoms with van der Waals surface area (Å²) in [7, 11) is 0. The maximum Gasteiger partial charge on any atom is 0.312 e. The number of nitrogens with one attached hydrogen (secondary N) is 1. The van der Waals surface area contributed by atoms with Crippen molar-refractivity contribution in [1.82, 2.24) is 0 Å². The first-order chi connectivity index (χ1) is 9.99. The van der Waals surface area contributed by atoms with E-state index in [1.165, 1.54) is 0 Å². The maximum absolute atomic E-state index is 13.5. The third kappa shape index (κ3) is 3.53. The summed E-state index contributed by atoms with van der Waals surface area (Å²) in [5.41, 5.74) is 0.101. The SMILES string of the molecule is O=C(O)C(CNc1cc(F)cc(F)c1F)c1ccccc1. The number of hydrogen-bond donors (Lipinski definition) is 2. The second-order valence-corrected chi connectivity index (χ2v) is 4.43. The van der Waals surface area contributed by atoms with Gasteiger partial charge in [-0.2, -0.15) is 0 Å². The fraction of sp³-hybridized carbons (Fsp3) is 0.133. The lowest BCUT2D eigenvalue weighted by atomic mass is 9.99. The van der Waals surface area contributed by atoms with Crippen molar-refractivity contribution >= 4 is 11.7 Å². The molecule has 110 valence electrons. The van der Waals surface area contributed by atoms with E-state index in [-0.39, 0.29) is 6.54 Å². The van der Waals surface area contributed by atoms with Crippen LogP contribution in [0.5, 0.6) is 0 Å². The molecule has 0 radical (unpaired) electrons. The molecular formula is C15H12F3NO2. The Morgan fingerprint density at radius 2 is 1.81 bits per heavy atom. The van der Waals surface area contributed by atoms with Crippen LogP contribution in [0.2, 0.25) is 0 Å². The third-order valence-electron chi connectivity index (χ3n) is 2.99. The zero-order valence-corrected chi connectivity index (χ0v) is 10.8. The van der Waals surface area contributed by atoms with Gasteiger partial charge in [0, 0.05) is 18.7 Å². The zero-order valence-electron chi connectivity index (χ0n) is 10.8. The van der Waals surface area contributed by atoms with Crippen LogP contribution in [0, 0.1) is 17.5 Å². The summed E-state index contributed by atoms with van der Waals surface area (Å²) in [5, 5.41) is 11.6. The second-order valence-electron chi connectivity index (χ2n) is 4.43. The molecule has 0 fully saturated rings. The highest BCUT2D eigenvalue weighted by molar-refractivity contribution is 5.77. The van der Waals surface area contributed by atoms with E-state index in [0.717, 1.165) is 6.07 Å². The predicted octanol–water partition coefficient (Wildman–Crippen LogP) is 3.38. The van der Waals surface area contributed by atoms with Gasteiger partial charge >= 0.3 is 5.97 Å². The molecule has 2 N–H and O–H groups in total. The molecule has 0 aromatic heterocycles. The number of benzene rings is 2. The molecule has 21 heavy (non-hydrogen) atoms. The zero-order chi connectivity index (χ0) is 15.4. The monoisotopic (exact) mass is 295 g/mol. The fourth-order valence-electron chi connectivity index (χ4n) is 1.93. The van der Waals surface area contributed by atoms with Crippen LogP contribution in [-0.2, 0) is 4.79 Å². The van der Waals surface area contributed by atoms with Gasteiger partial charge in [-0.3, -0.25) is 4.79 Å². The van der Waals surface area contributed by atoms with Crippen LogP contribution >= 0.6 is 0 Å². The molecule has 0 aliphatic rings. The van der Waals surface area contributed by atoms with Crippen molar-refractivity contribution in [1.29, 1.82) is 0 Å². The van der Waals surface area contributed by atoms with Crippen molar-refractivity contribution in [3.8, 4) is 0 Å². The molecule has 0 amide bonds. The van der Waals surface area contributed by atoms with Gasteiger partial charge in [0.2, 0.25) is 0 Å². The summed E-state index contributed by atoms with van der Waals surface area (Å²) in [6.07, 6.45) is 0. The van der Waals surface area contributed by atoms with E-state index in [2.05, 4.69) is 5.32 Å². The molecule has 6 heteroatoms. The van der Waals surface area contributed by atoms with Crippen LogP contribution in [0.15, 0.2) is 42.5 Å². The molecule has 0 bridgehead atoms. The Morgan fingerprint density at radius 1 is 1.14 bits per heavy atom. The molecule has 0 spiro atoms. The summed E-state index contributed by atoms with van der Waals surface area (Å²) in [4.78, 5) is 11.3. The molecule has 2 aromatic carbocycles. The first-order valence-electron chi connectivity index (χ1n) is 6.15. The topological polar surface area (TPSA) is 49.3 Å². The van der Waals surface area contributed by atoms with Gasteiger partial charge in [-0.1, -0.05) is 30.3 Å². The highest BCUT2D eigenvalue weighted by Gasteiger charge is 2.20. The minimum absolute atomic E-state index is 0.195. The number of aliphatic carboxylic acids is 1. The highest BCUT2D eigenvalue weighted by Crippen LogP contribution is 2.22. The average molecular weight is 295 g/mol. The van der Waals surface area contributed by atoms with Crippen LogP contribution in [-0.4, -0.2) is 17.6 Å². The minimum Gasteiger partial charge on any atom is -0.481 e. The van der Waals surface area contributed by atoms with Crippen molar-refractivity contribution < 1.29 is 23.1 Å². The van der Waals surface area contributed by atoms with Crippen LogP contribution in [0.4, 0.5) is 18.9 Å². The first kappa shape index (κ1) is 14.9. The number of anilines is 1. The number of carbonyl (C=O) groups is 1. The summed E-state index contributed by atoms with van der Waals surface area (Å²) < 4.78 is 39.6. The predicted molar refractivity (Wildman–Crippen MR) is 71.6 cm³/mol. The molecule has 0 saturated heterocycles. The largest absolute Gasteiger partial charge is 0.481 e. The van der Waals surface area contributed by atoms with Crippen LogP contribution < -0.4 is 5.32 Å². The lowest BCUT2D eigenvalue weighted by molar-refractivity contribution is -0.138. The Kier molecular flexibility index (Phi) is 4.47. The van der Waals surface area contributed by atoms with Crippen molar-refractivity contribution in [2.75, 3.05) is 11.9 Å². The number of rotatable bonds is 5. The molecule has 0 aliphatic carbocycles. The Hall–Kier alpha value is -2.50. The number of carboxylic acids is 1. The van der Waals surface area contributed by atoms with Gasteiger partial charge in [0.25, 0.3) is 0 Å². The Balaban J connectivity index is 2.19. The lowest BCUT2D eigenvalue weighted by Gasteiger charge is -2.15. The Bertz CT molecular complexity index is 647. The summed E-state index contributed by atoms with van der Waals surface area (Å²) in [6, 6.07) is 9.51.